The number of aliphatic carboxylic acids is 1. The number of rotatable bonds is 1. The van der Waals surface area contributed by atoms with Gasteiger partial charge >= 0.3 is 12.0 Å². The molecule has 0 bridgehead atoms. The predicted molar refractivity (Wildman–Crippen MR) is 56.3 cm³/mol. The molecule has 0 spiro atoms. The Kier molecular flexibility index (Phi) is 3.21. The van der Waals surface area contributed by atoms with Crippen LogP contribution in [0.1, 0.15) is 6.42 Å². The van der Waals surface area contributed by atoms with E-state index in [9.17, 15) is 19.8 Å². The minimum absolute atomic E-state index is 0.105. The maximum absolute atomic E-state index is 11.9. The van der Waals surface area contributed by atoms with E-state index in [1.807, 2.05) is 0 Å². The molecule has 2 amide bonds. The van der Waals surface area contributed by atoms with Crippen molar-refractivity contribution in [2.24, 2.45) is 5.92 Å². The Morgan fingerprint density at radius 1 is 1.00 bits per heavy atom. The third kappa shape index (κ3) is 2.34. The van der Waals surface area contributed by atoms with Crippen LogP contribution < -0.4 is 0 Å². The van der Waals surface area contributed by atoms with Crippen molar-refractivity contribution in [3.8, 4) is 0 Å². The minimum atomic E-state index is -0.906. The number of carbonyl (C=O) groups is 2. The number of aliphatic hydroxyl groups is 2. The Morgan fingerprint density at radius 2 is 1.59 bits per heavy atom. The molecule has 2 rings (SSSR count). The number of hydrogen-bond acceptors (Lipinski definition) is 4. The van der Waals surface area contributed by atoms with Gasteiger partial charge in [0.1, 0.15) is 0 Å². The van der Waals surface area contributed by atoms with E-state index in [2.05, 4.69) is 0 Å². The maximum atomic E-state index is 11.9. The number of aliphatic hydroxyl groups excluding tert-OH is 2. The summed E-state index contributed by atoms with van der Waals surface area (Å²) in [5.74, 6) is -1.39. The van der Waals surface area contributed by atoms with Crippen molar-refractivity contribution >= 4 is 12.0 Å². The third-order valence-corrected chi connectivity index (χ3v) is 3.34. The van der Waals surface area contributed by atoms with E-state index in [0.717, 1.165) is 0 Å². The number of amides is 2. The lowest BCUT2D eigenvalue weighted by Crippen LogP contribution is -2.41. The standard InChI is InChI=1S/C10H16N2O5/c13-7-4-12(5-8(7)14)10(17)11-2-1-6(3-11)9(15)16/h6-8,13-14H,1-5H2,(H,15,16). The zero-order chi connectivity index (χ0) is 12.6. The van der Waals surface area contributed by atoms with Crippen molar-refractivity contribution in [2.45, 2.75) is 18.6 Å². The molecule has 2 saturated heterocycles. The summed E-state index contributed by atoms with van der Waals surface area (Å²) in [7, 11) is 0. The predicted octanol–water partition coefficient (Wildman–Crippen LogP) is -1.45. The Hall–Kier alpha value is -1.34. The topological polar surface area (TPSA) is 101 Å². The van der Waals surface area contributed by atoms with Crippen LogP contribution >= 0.6 is 0 Å². The number of urea groups is 1. The molecule has 2 fully saturated rings. The Balaban J connectivity index is 1.92. The molecule has 2 aliphatic heterocycles. The first kappa shape index (κ1) is 12.1. The zero-order valence-electron chi connectivity index (χ0n) is 9.32. The number of likely N-dealkylation sites (tertiary alicyclic amines) is 2. The second-order valence-electron chi connectivity index (χ2n) is 4.59. The Morgan fingerprint density at radius 3 is 2.06 bits per heavy atom. The van der Waals surface area contributed by atoms with E-state index < -0.39 is 24.1 Å². The number of hydrogen-bond donors (Lipinski definition) is 3. The highest BCUT2D eigenvalue weighted by molar-refractivity contribution is 5.77. The van der Waals surface area contributed by atoms with Crippen molar-refractivity contribution in [3.05, 3.63) is 0 Å². The lowest BCUT2D eigenvalue weighted by Gasteiger charge is -2.23. The number of β-amino-alcohol motifs (C(OH)–C–C–N with tert-alkyl or cyclic N) is 2. The summed E-state index contributed by atoms with van der Waals surface area (Å²) in [6.45, 7) is 0.831. The SMILES string of the molecule is O=C(O)C1CCN(C(=O)N2CC(O)C(O)C2)C1. The average Bonchev–Trinajstić information content (AvgIpc) is 2.86. The molecule has 3 N–H and O–H groups in total. The number of carbonyl (C=O) groups excluding carboxylic acids is 1. The van der Waals surface area contributed by atoms with Gasteiger partial charge in [-0.1, -0.05) is 0 Å². The fraction of sp³-hybridized carbons (Fsp3) is 0.800. The van der Waals surface area contributed by atoms with Gasteiger partial charge in [-0.2, -0.15) is 0 Å². The molecule has 3 atom stereocenters. The molecule has 0 radical (unpaired) electrons. The lowest BCUT2D eigenvalue weighted by atomic mass is 10.1. The van der Waals surface area contributed by atoms with Gasteiger partial charge in [-0.05, 0) is 6.42 Å². The van der Waals surface area contributed by atoms with Crippen LogP contribution in [0.4, 0.5) is 4.79 Å². The van der Waals surface area contributed by atoms with Gasteiger partial charge < -0.3 is 25.1 Å². The molecule has 96 valence electrons. The molecule has 7 heteroatoms. The summed E-state index contributed by atoms with van der Waals surface area (Å²) in [6.07, 6.45) is -1.35. The summed E-state index contributed by atoms with van der Waals surface area (Å²) in [6, 6.07) is -0.302. The summed E-state index contributed by atoms with van der Waals surface area (Å²) < 4.78 is 0. The fourth-order valence-electron chi connectivity index (χ4n) is 2.26. The van der Waals surface area contributed by atoms with Crippen LogP contribution in [0.5, 0.6) is 0 Å². The quantitative estimate of drug-likeness (QED) is 0.524. The summed E-state index contributed by atoms with van der Waals surface area (Å²) in [5.41, 5.74) is 0. The lowest BCUT2D eigenvalue weighted by molar-refractivity contribution is -0.141. The van der Waals surface area contributed by atoms with Gasteiger partial charge in [-0.15, -0.1) is 0 Å². The molecule has 0 aromatic carbocycles. The van der Waals surface area contributed by atoms with Crippen molar-refractivity contribution in [2.75, 3.05) is 26.2 Å². The van der Waals surface area contributed by atoms with Crippen LogP contribution in [0.15, 0.2) is 0 Å². The van der Waals surface area contributed by atoms with Crippen LogP contribution in [-0.4, -0.2) is 75.5 Å². The van der Waals surface area contributed by atoms with E-state index in [1.165, 1.54) is 9.80 Å². The second kappa shape index (κ2) is 4.50. The largest absolute Gasteiger partial charge is 0.481 e. The molecule has 7 nitrogen and oxygen atoms in total. The molecule has 2 aliphatic rings. The van der Waals surface area contributed by atoms with E-state index in [4.69, 9.17) is 5.11 Å². The van der Waals surface area contributed by atoms with Gasteiger partial charge in [0.2, 0.25) is 0 Å². The zero-order valence-corrected chi connectivity index (χ0v) is 9.32. The van der Waals surface area contributed by atoms with Crippen molar-refractivity contribution < 1.29 is 24.9 Å². The van der Waals surface area contributed by atoms with Crippen LogP contribution in [0, 0.1) is 5.92 Å². The van der Waals surface area contributed by atoms with Gasteiger partial charge in [-0.25, -0.2) is 4.79 Å². The summed E-state index contributed by atoms with van der Waals surface area (Å²) in [4.78, 5) is 25.5. The average molecular weight is 244 g/mol. The molecule has 2 heterocycles. The molecule has 0 aromatic rings. The molecular weight excluding hydrogens is 228 g/mol. The number of carboxylic acid groups (broad SMARTS) is 1. The van der Waals surface area contributed by atoms with Crippen LogP contribution in [0.3, 0.4) is 0 Å². The Labute approximate surface area is 98.2 Å². The van der Waals surface area contributed by atoms with Gasteiger partial charge in [0.05, 0.1) is 31.2 Å². The van der Waals surface area contributed by atoms with E-state index in [0.29, 0.717) is 13.0 Å². The summed E-state index contributed by atoms with van der Waals surface area (Å²) >= 11 is 0. The van der Waals surface area contributed by atoms with Crippen molar-refractivity contribution in [1.29, 1.82) is 0 Å². The summed E-state index contributed by atoms with van der Waals surface area (Å²) in [5, 5.41) is 27.5. The molecule has 0 aliphatic carbocycles. The van der Waals surface area contributed by atoms with Crippen LogP contribution in [0.25, 0.3) is 0 Å². The van der Waals surface area contributed by atoms with E-state index in [-0.39, 0.29) is 25.7 Å². The molecule has 0 aromatic heterocycles. The van der Waals surface area contributed by atoms with Gasteiger partial charge in [0.15, 0.2) is 0 Å². The monoisotopic (exact) mass is 244 g/mol. The fourth-order valence-corrected chi connectivity index (χ4v) is 2.26. The number of nitrogens with zero attached hydrogens (tertiary/aromatic N) is 2. The van der Waals surface area contributed by atoms with Crippen molar-refractivity contribution in [3.63, 3.8) is 0 Å². The minimum Gasteiger partial charge on any atom is -0.481 e. The molecular formula is C10H16N2O5. The Bertz CT molecular complexity index is 325. The molecule has 3 unspecified atom stereocenters. The normalized spacial score (nSPS) is 33.2. The first-order valence-corrected chi connectivity index (χ1v) is 5.62. The van der Waals surface area contributed by atoms with Gasteiger partial charge in [-0.3, -0.25) is 4.79 Å². The third-order valence-electron chi connectivity index (χ3n) is 3.34. The van der Waals surface area contributed by atoms with Crippen LogP contribution in [0.2, 0.25) is 0 Å². The number of carboxylic acids is 1. The highest BCUT2D eigenvalue weighted by Crippen LogP contribution is 2.20. The first-order chi connectivity index (χ1) is 7.99. The molecule has 17 heavy (non-hydrogen) atoms. The molecule has 0 saturated carbocycles. The van der Waals surface area contributed by atoms with Gasteiger partial charge in [0.25, 0.3) is 0 Å². The maximum Gasteiger partial charge on any atom is 0.320 e. The second-order valence-corrected chi connectivity index (χ2v) is 4.59. The van der Waals surface area contributed by atoms with Crippen LogP contribution in [-0.2, 0) is 4.79 Å². The van der Waals surface area contributed by atoms with Crippen molar-refractivity contribution in [1.82, 2.24) is 9.80 Å². The highest BCUT2D eigenvalue weighted by Gasteiger charge is 2.38. The smallest absolute Gasteiger partial charge is 0.320 e. The van der Waals surface area contributed by atoms with Gasteiger partial charge in [0, 0.05) is 13.1 Å². The first-order valence-electron chi connectivity index (χ1n) is 5.62. The highest BCUT2D eigenvalue weighted by atomic mass is 16.4. The van der Waals surface area contributed by atoms with E-state index >= 15 is 0 Å². The van der Waals surface area contributed by atoms with E-state index in [1.54, 1.807) is 0 Å².